The van der Waals surface area contributed by atoms with Gasteiger partial charge in [0.15, 0.2) is 0 Å². The van der Waals surface area contributed by atoms with Crippen molar-refractivity contribution in [3.63, 3.8) is 0 Å². The van der Waals surface area contributed by atoms with Gasteiger partial charge in [0.25, 0.3) is 0 Å². The summed E-state index contributed by atoms with van der Waals surface area (Å²) in [6, 6.07) is 0. The number of aliphatic hydroxyl groups is 1. The minimum Gasteiger partial charge on any atom is -0.759 e. The molecule has 1 N–H and O–H groups in total. The van der Waals surface area contributed by atoms with E-state index in [9.17, 15) is 0 Å². The Morgan fingerprint density at radius 1 is 0.818 bits per heavy atom. The molecule has 6 heteroatoms. The number of aliphatic hydroxyl groups excluding tert-OH is 1. The second kappa shape index (κ2) is 15.7. The molecule has 0 rings (SSSR count). The van der Waals surface area contributed by atoms with Crippen molar-refractivity contribution < 1.29 is 22.6 Å². The number of hydrogen-bond donors (Lipinski definition) is 1. The number of unbranched alkanes of at least 4 members (excludes halogenated alkanes) is 5. The van der Waals surface area contributed by atoms with Crippen LogP contribution in [0, 0.1) is 11.8 Å². The second-order valence-corrected chi connectivity index (χ2v) is 7.11. The van der Waals surface area contributed by atoms with Gasteiger partial charge < -0.3 is 14.2 Å². The maximum atomic E-state index is 8.90. The molecule has 0 spiro atoms. The molecule has 0 radical (unpaired) electrons. The summed E-state index contributed by atoms with van der Waals surface area (Å²) in [4.78, 5) is 0. The zero-order valence-corrected chi connectivity index (χ0v) is 15.2. The van der Waals surface area contributed by atoms with E-state index in [2.05, 4.69) is 20.8 Å². The van der Waals surface area contributed by atoms with E-state index in [1.807, 2.05) is 0 Å². The van der Waals surface area contributed by atoms with Crippen LogP contribution in [0.4, 0.5) is 0 Å². The van der Waals surface area contributed by atoms with Gasteiger partial charge in [-0.15, -0.1) is 0 Å². The third kappa shape index (κ3) is 28.1. The average molecular weight is 339 g/mol. The summed E-state index contributed by atoms with van der Waals surface area (Å²) < 4.78 is 34.1. The van der Waals surface area contributed by atoms with Crippen LogP contribution < -0.4 is 0 Å². The third-order valence-electron chi connectivity index (χ3n) is 3.74. The van der Waals surface area contributed by atoms with Crippen molar-refractivity contribution in [3.05, 3.63) is 0 Å². The first-order valence-corrected chi connectivity index (χ1v) is 9.81. The SMILES string of the molecule is CCCC(C)CCCCCCCCC(C)CO.O=S(=O)([O-])[O-]. The van der Waals surface area contributed by atoms with Crippen molar-refractivity contribution in [2.24, 2.45) is 11.8 Å². The van der Waals surface area contributed by atoms with E-state index < -0.39 is 10.4 Å². The molecule has 5 nitrogen and oxygen atoms in total. The van der Waals surface area contributed by atoms with Crippen molar-refractivity contribution in [3.8, 4) is 0 Å². The van der Waals surface area contributed by atoms with Gasteiger partial charge >= 0.3 is 0 Å². The summed E-state index contributed by atoms with van der Waals surface area (Å²) in [7, 11) is -5.17. The molecule has 0 bridgehead atoms. The summed E-state index contributed by atoms with van der Waals surface area (Å²) in [5.41, 5.74) is 0. The Labute approximate surface area is 137 Å². The predicted molar refractivity (Wildman–Crippen MR) is 87.7 cm³/mol. The fourth-order valence-corrected chi connectivity index (χ4v) is 2.42. The summed E-state index contributed by atoms with van der Waals surface area (Å²) in [6.07, 6.45) is 13.7. The van der Waals surface area contributed by atoms with Crippen molar-refractivity contribution in [1.29, 1.82) is 0 Å². The lowest BCUT2D eigenvalue weighted by atomic mass is 9.97. The Kier molecular flexibility index (Phi) is 17.2. The molecule has 2 unspecified atom stereocenters. The van der Waals surface area contributed by atoms with Crippen molar-refractivity contribution in [2.45, 2.75) is 85.0 Å². The van der Waals surface area contributed by atoms with Gasteiger partial charge in [-0.3, -0.25) is 8.42 Å². The monoisotopic (exact) mass is 338 g/mol. The van der Waals surface area contributed by atoms with Crippen molar-refractivity contribution in [1.82, 2.24) is 0 Å². The lowest BCUT2D eigenvalue weighted by molar-refractivity contribution is 0.227. The standard InChI is InChI=1S/C16H34O.H2O4S/c1-4-11-15(2)12-9-7-5-6-8-10-13-16(3)14-17;1-5(2,3)4/h15-17H,4-14H2,1-3H3;(H2,1,2,3,4)/p-2. The first kappa shape index (κ1) is 24.1. The second-order valence-electron chi connectivity index (χ2n) is 6.29. The first-order chi connectivity index (χ1) is 10.2. The summed E-state index contributed by atoms with van der Waals surface area (Å²) >= 11 is 0. The summed E-state index contributed by atoms with van der Waals surface area (Å²) in [5.74, 6) is 1.44. The molecule has 0 aromatic heterocycles. The van der Waals surface area contributed by atoms with Gasteiger partial charge in [0, 0.05) is 17.0 Å². The Hall–Kier alpha value is -0.170. The van der Waals surface area contributed by atoms with Crippen LogP contribution in [0.15, 0.2) is 0 Å². The van der Waals surface area contributed by atoms with Crippen LogP contribution in [-0.4, -0.2) is 29.2 Å². The van der Waals surface area contributed by atoms with Gasteiger partial charge in [0.2, 0.25) is 0 Å². The van der Waals surface area contributed by atoms with Gasteiger partial charge in [0.05, 0.1) is 0 Å². The molecule has 0 saturated carbocycles. The lowest BCUT2D eigenvalue weighted by Crippen LogP contribution is -1.99. The maximum absolute atomic E-state index is 8.90. The molecule has 0 amide bonds. The third-order valence-corrected chi connectivity index (χ3v) is 3.74. The van der Waals surface area contributed by atoms with Crippen LogP contribution in [0.1, 0.15) is 85.0 Å². The Morgan fingerprint density at radius 3 is 1.55 bits per heavy atom. The van der Waals surface area contributed by atoms with E-state index in [0.29, 0.717) is 12.5 Å². The molecule has 0 aliphatic carbocycles. The molecule has 22 heavy (non-hydrogen) atoms. The molecule has 0 aliphatic heterocycles. The summed E-state index contributed by atoms with van der Waals surface area (Å²) in [6.45, 7) is 7.16. The fourth-order valence-electron chi connectivity index (χ4n) is 2.42. The van der Waals surface area contributed by atoms with Gasteiger partial charge in [-0.1, -0.05) is 78.6 Å². The highest BCUT2D eigenvalue weighted by molar-refractivity contribution is 7.79. The zero-order valence-electron chi connectivity index (χ0n) is 14.4. The van der Waals surface area contributed by atoms with Crippen LogP contribution >= 0.6 is 0 Å². The largest absolute Gasteiger partial charge is 0.759 e. The van der Waals surface area contributed by atoms with E-state index in [-0.39, 0.29) is 0 Å². The van der Waals surface area contributed by atoms with Crippen LogP contribution in [0.25, 0.3) is 0 Å². The lowest BCUT2D eigenvalue weighted by Gasteiger charge is -2.09. The molecule has 0 heterocycles. The fraction of sp³-hybridized carbons (Fsp3) is 1.00. The molecule has 0 aromatic carbocycles. The molecular formula is C16H34O5S-2. The van der Waals surface area contributed by atoms with Gasteiger partial charge in [0.1, 0.15) is 0 Å². The Balaban J connectivity index is 0. The molecule has 2 atom stereocenters. The summed E-state index contributed by atoms with van der Waals surface area (Å²) in [5, 5.41) is 8.90. The van der Waals surface area contributed by atoms with Crippen LogP contribution in [-0.2, 0) is 10.4 Å². The first-order valence-electron chi connectivity index (χ1n) is 8.48. The molecule has 0 aromatic rings. The highest BCUT2D eigenvalue weighted by atomic mass is 32.3. The molecule has 0 aliphatic rings. The van der Waals surface area contributed by atoms with E-state index in [1.165, 1.54) is 64.2 Å². The van der Waals surface area contributed by atoms with Gasteiger partial charge in [-0.25, -0.2) is 0 Å². The van der Waals surface area contributed by atoms with E-state index in [4.69, 9.17) is 22.6 Å². The van der Waals surface area contributed by atoms with Crippen LogP contribution in [0.5, 0.6) is 0 Å². The topological polar surface area (TPSA) is 100 Å². The zero-order chi connectivity index (χ0) is 17.4. The van der Waals surface area contributed by atoms with E-state index >= 15 is 0 Å². The van der Waals surface area contributed by atoms with Crippen LogP contribution in [0.2, 0.25) is 0 Å². The van der Waals surface area contributed by atoms with E-state index in [1.54, 1.807) is 0 Å². The molecular weight excluding hydrogens is 304 g/mol. The van der Waals surface area contributed by atoms with Crippen LogP contribution in [0.3, 0.4) is 0 Å². The maximum Gasteiger partial charge on any atom is 0.0456 e. The van der Waals surface area contributed by atoms with Crippen molar-refractivity contribution >= 4 is 10.4 Å². The highest BCUT2D eigenvalue weighted by Crippen LogP contribution is 2.16. The number of hydrogen-bond acceptors (Lipinski definition) is 5. The molecule has 0 fully saturated rings. The normalized spacial score (nSPS) is 14.1. The Bertz CT molecular complexity index is 308. The van der Waals surface area contributed by atoms with Crippen molar-refractivity contribution in [2.75, 3.05) is 6.61 Å². The minimum absolute atomic E-state index is 0.356. The predicted octanol–water partition coefficient (Wildman–Crippen LogP) is 3.83. The number of rotatable bonds is 12. The van der Waals surface area contributed by atoms with E-state index in [0.717, 1.165) is 5.92 Å². The molecule has 136 valence electrons. The average Bonchev–Trinajstić information content (AvgIpc) is 2.39. The quantitative estimate of drug-likeness (QED) is 0.331. The van der Waals surface area contributed by atoms with Gasteiger partial charge in [-0.2, -0.15) is 0 Å². The smallest absolute Gasteiger partial charge is 0.0456 e. The highest BCUT2D eigenvalue weighted by Gasteiger charge is 2.01. The minimum atomic E-state index is -5.17. The van der Waals surface area contributed by atoms with Gasteiger partial charge in [-0.05, 0) is 18.3 Å². The Morgan fingerprint density at radius 2 is 1.18 bits per heavy atom. The molecule has 0 saturated heterocycles.